The van der Waals surface area contributed by atoms with Crippen molar-refractivity contribution in [3.63, 3.8) is 0 Å². The second kappa shape index (κ2) is 6.80. The number of methoxy groups -OCH3 is 1. The standard InChI is InChI=1S/C23H28N4O/c1-14-13-17(28-3)11-12-18(14)21-15(2)26-27-22(24-16-7-4-5-8-16)19-9-6-10-20(19)25-23(21)27/h11-13,16,24H,4-10H2,1-3H3. The third-order valence-electron chi connectivity index (χ3n) is 6.36. The van der Waals surface area contributed by atoms with Crippen LogP contribution in [0, 0.1) is 13.8 Å². The Kier molecular flexibility index (Phi) is 4.26. The summed E-state index contributed by atoms with van der Waals surface area (Å²) in [6.07, 6.45) is 8.50. The Bertz CT molecular complexity index is 1050. The molecular weight excluding hydrogens is 348 g/mol. The molecule has 5 heteroatoms. The van der Waals surface area contributed by atoms with Crippen LogP contribution in [0.5, 0.6) is 5.75 Å². The maximum Gasteiger partial charge on any atom is 0.165 e. The lowest BCUT2D eigenvalue weighted by Gasteiger charge is -2.18. The Labute approximate surface area is 166 Å². The van der Waals surface area contributed by atoms with Gasteiger partial charge in [0.15, 0.2) is 5.65 Å². The van der Waals surface area contributed by atoms with Crippen LogP contribution in [-0.2, 0) is 12.8 Å². The van der Waals surface area contributed by atoms with Crippen molar-refractivity contribution >= 4 is 11.5 Å². The molecule has 2 aliphatic carbocycles. The summed E-state index contributed by atoms with van der Waals surface area (Å²) in [6, 6.07) is 6.81. The second-order valence-electron chi connectivity index (χ2n) is 8.24. The first-order chi connectivity index (χ1) is 13.7. The normalized spacial score (nSPS) is 16.7. The molecule has 2 aliphatic rings. The van der Waals surface area contributed by atoms with E-state index in [0.717, 1.165) is 35.5 Å². The molecule has 1 aromatic carbocycles. The summed E-state index contributed by atoms with van der Waals surface area (Å²) in [5.41, 5.74) is 8.14. The Morgan fingerprint density at radius 3 is 2.68 bits per heavy atom. The molecule has 146 valence electrons. The molecule has 2 heterocycles. The molecule has 3 aromatic rings. The van der Waals surface area contributed by atoms with E-state index in [-0.39, 0.29) is 0 Å². The molecule has 1 saturated carbocycles. The Morgan fingerprint density at radius 1 is 1.11 bits per heavy atom. The minimum absolute atomic E-state index is 0.561. The number of aromatic nitrogens is 3. The van der Waals surface area contributed by atoms with Gasteiger partial charge in [-0.25, -0.2) is 4.98 Å². The summed E-state index contributed by atoms with van der Waals surface area (Å²) in [4.78, 5) is 5.10. The van der Waals surface area contributed by atoms with Crippen molar-refractivity contribution < 1.29 is 4.74 Å². The SMILES string of the molecule is COc1ccc(-c2c(C)nn3c(NC4CCCC4)c4c(nc23)CCC4)c(C)c1. The summed E-state index contributed by atoms with van der Waals surface area (Å²) in [7, 11) is 1.71. The molecule has 0 atom stereocenters. The van der Waals surface area contributed by atoms with E-state index < -0.39 is 0 Å². The van der Waals surface area contributed by atoms with Gasteiger partial charge in [-0.3, -0.25) is 0 Å². The van der Waals surface area contributed by atoms with Crippen LogP contribution >= 0.6 is 0 Å². The summed E-state index contributed by atoms with van der Waals surface area (Å²) >= 11 is 0. The lowest BCUT2D eigenvalue weighted by Crippen LogP contribution is -2.19. The lowest BCUT2D eigenvalue weighted by atomic mass is 10.0. The maximum absolute atomic E-state index is 5.39. The highest BCUT2D eigenvalue weighted by molar-refractivity contribution is 5.83. The number of fused-ring (bicyclic) bond motifs is 2. The molecule has 0 radical (unpaired) electrons. The van der Waals surface area contributed by atoms with Crippen LogP contribution < -0.4 is 10.1 Å². The van der Waals surface area contributed by atoms with E-state index in [1.54, 1.807) is 7.11 Å². The predicted octanol–water partition coefficient (Wildman–Crippen LogP) is 4.86. The van der Waals surface area contributed by atoms with Gasteiger partial charge in [0.05, 0.1) is 12.8 Å². The number of hydrogen-bond donors (Lipinski definition) is 1. The van der Waals surface area contributed by atoms with Crippen molar-refractivity contribution in [3.05, 3.63) is 40.7 Å². The third kappa shape index (κ3) is 2.76. The van der Waals surface area contributed by atoms with E-state index in [1.807, 2.05) is 6.07 Å². The van der Waals surface area contributed by atoms with E-state index >= 15 is 0 Å². The fourth-order valence-corrected chi connectivity index (χ4v) is 4.91. The number of nitrogens with zero attached hydrogens (tertiary/aromatic N) is 3. The Morgan fingerprint density at radius 2 is 1.93 bits per heavy atom. The molecule has 0 bridgehead atoms. The van der Waals surface area contributed by atoms with Crippen molar-refractivity contribution in [1.82, 2.24) is 14.6 Å². The summed E-state index contributed by atoms with van der Waals surface area (Å²) in [5, 5.41) is 8.80. The number of aryl methyl sites for hydroxylation is 3. The molecule has 0 unspecified atom stereocenters. The first kappa shape index (κ1) is 17.5. The third-order valence-corrected chi connectivity index (χ3v) is 6.36. The van der Waals surface area contributed by atoms with Crippen molar-refractivity contribution in [2.45, 2.75) is 64.8 Å². The molecule has 0 saturated heterocycles. The van der Waals surface area contributed by atoms with Gasteiger partial charge in [-0.15, -0.1) is 0 Å². The number of hydrogen-bond acceptors (Lipinski definition) is 4. The number of nitrogens with one attached hydrogen (secondary N) is 1. The summed E-state index contributed by atoms with van der Waals surface area (Å²) in [6.45, 7) is 4.23. The van der Waals surface area contributed by atoms with Crippen molar-refractivity contribution in [3.8, 4) is 16.9 Å². The minimum atomic E-state index is 0.561. The van der Waals surface area contributed by atoms with Gasteiger partial charge in [0, 0.05) is 22.9 Å². The van der Waals surface area contributed by atoms with Crippen LogP contribution in [0.4, 0.5) is 5.82 Å². The van der Waals surface area contributed by atoms with Gasteiger partial charge in [0.25, 0.3) is 0 Å². The zero-order valence-electron chi connectivity index (χ0n) is 17.0. The van der Waals surface area contributed by atoms with Crippen LogP contribution in [0.1, 0.15) is 54.6 Å². The van der Waals surface area contributed by atoms with Crippen LogP contribution in [0.2, 0.25) is 0 Å². The fourth-order valence-electron chi connectivity index (χ4n) is 4.91. The van der Waals surface area contributed by atoms with Crippen molar-refractivity contribution in [2.75, 3.05) is 12.4 Å². The largest absolute Gasteiger partial charge is 0.497 e. The molecule has 0 spiro atoms. The van der Waals surface area contributed by atoms with Crippen molar-refractivity contribution in [1.29, 1.82) is 0 Å². The zero-order chi connectivity index (χ0) is 19.3. The minimum Gasteiger partial charge on any atom is -0.497 e. The van der Waals surface area contributed by atoms with Gasteiger partial charge >= 0.3 is 0 Å². The molecule has 5 rings (SSSR count). The molecule has 28 heavy (non-hydrogen) atoms. The van der Waals surface area contributed by atoms with E-state index in [4.69, 9.17) is 14.8 Å². The average Bonchev–Trinajstić information content (AvgIpc) is 3.42. The van der Waals surface area contributed by atoms with E-state index in [2.05, 4.69) is 35.8 Å². The Hall–Kier alpha value is -2.56. The molecule has 1 fully saturated rings. The van der Waals surface area contributed by atoms with Crippen LogP contribution in [0.15, 0.2) is 18.2 Å². The number of rotatable bonds is 4. The number of ether oxygens (including phenoxy) is 1. The monoisotopic (exact) mass is 376 g/mol. The van der Waals surface area contributed by atoms with E-state index in [0.29, 0.717) is 6.04 Å². The highest BCUT2D eigenvalue weighted by Gasteiger charge is 2.26. The first-order valence-corrected chi connectivity index (χ1v) is 10.5. The smallest absolute Gasteiger partial charge is 0.165 e. The molecule has 0 amide bonds. The zero-order valence-corrected chi connectivity index (χ0v) is 17.0. The summed E-state index contributed by atoms with van der Waals surface area (Å²) in [5.74, 6) is 2.07. The van der Waals surface area contributed by atoms with Gasteiger partial charge in [-0.2, -0.15) is 9.61 Å². The van der Waals surface area contributed by atoms with Crippen LogP contribution in [0.3, 0.4) is 0 Å². The van der Waals surface area contributed by atoms with Crippen LogP contribution in [-0.4, -0.2) is 27.7 Å². The molecular formula is C23H28N4O. The predicted molar refractivity (Wildman–Crippen MR) is 112 cm³/mol. The van der Waals surface area contributed by atoms with Gasteiger partial charge in [0.2, 0.25) is 0 Å². The fraction of sp³-hybridized carbons (Fsp3) is 0.478. The molecule has 2 aromatic heterocycles. The van der Waals surface area contributed by atoms with Gasteiger partial charge < -0.3 is 10.1 Å². The lowest BCUT2D eigenvalue weighted by molar-refractivity contribution is 0.414. The van der Waals surface area contributed by atoms with E-state index in [9.17, 15) is 0 Å². The summed E-state index contributed by atoms with van der Waals surface area (Å²) < 4.78 is 7.47. The number of benzene rings is 1. The van der Waals surface area contributed by atoms with Gasteiger partial charge in [0.1, 0.15) is 11.6 Å². The second-order valence-corrected chi connectivity index (χ2v) is 8.24. The molecule has 1 N–H and O–H groups in total. The Balaban J connectivity index is 1.70. The van der Waals surface area contributed by atoms with Crippen molar-refractivity contribution in [2.24, 2.45) is 0 Å². The van der Waals surface area contributed by atoms with Gasteiger partial charge in [-0.05, 0) is 69.2 Å². The quantitative estimate of drug-likeness (QED) is 0.706. The van der Waals surface area contributed by atoms with Crippen LogP contribution in [0.25, 0.3) is 16.8 Å². The van der Waals surface area contributed by atoms with Gasteiger partial charge in [-0.1, -0.05) is 18.9 Å². The topological polar surface area (TPSA) is 51.5 Å². The molecule has 5 nitrogen and oxygen atoms in total. The highest BCUT2D eigenvalue weighted by Crippen LogP contribution is 2.37. The first-order valence-electron chi connectivity index (χ1n) is 10.5. The highest BCUT2D eigenvalue weighted by atomic mass is 16.5. The maximum atomic E-state index is 5.39. The van der Waals surface area contributed by atoms with E-state index in [1.165, 1.54) is 60.3 Å². The molecule has 0 aliphatic heterocycles. The average molecular weight is 377 g/mol. The number of anilines is 1.